The quantitative estimate of drug-likeness (QED) is 0.0682. The molecule has 368 valence electrons. The Morgan fingerprint density at radius 3 is 1.18 bits per heavy atom. The fraction of sp³-hybridized carbons (Fsp3) is 0.920. The molecule has 0 aliphatic carbocycles. The van der Waals surface area contributed by atoms with Gasteiger partial charge < -0.3 is 27.2 Å². The van der Waals surface area contributed by atoms with Crippen molar-refractivity contribution in [3.8, 4) is 0 Å². The Labute approximate surface area is 335 Å². The van der Waals surface area contributed by atoms with Crippen molar-refractivity contribution in [2.24, 2.45) is 17.2 Å². The van der Waals surface area contributed by atoms with E-state index >= 15 is 0 Å². The summed E-state index contributed by atoms with van der Waals surface area (Å²) >= 11 is 0. The number of halogens is 17. The van der Waals surface area contributed by atoms with Crippen molar-refractivity contribution in [2.45, 2.75) is 99.0 Å². The van der Waals surface area contributed by atoms with Gasteiger partial charge in [-0.3, -0.25) is 13.9 Å². The zero-order chi connectivity index (χ0) is 49.9. The number of aliphatic carboxylic acids is 1. The van der Waals surface area contributed by atoms with E-state index in [1.807, 2.05) is 0 Å². The van der Waals surface area contributed by atoms with Gasteiger partial charge >= 0.3 is 59.0 Å². The highest BCUT2D eigenvalue weighted by atomic mass is 32.2. The molecule has 2 amide bonds. The monoisotopic (exact) mass is 1010 g/mol. The molecule has 1 atom stereocenters. The predicted octanol–water partition coefficient (Wildman–Crippen LogP) is 4.08. The summed E-state index contributed by atoms with van der Waals surface area (Å²) in [5.74, 6) is -53.1. The molecular formula is C25H40F17N5O11S3. The number of amides is 2. The van der Waals surface area contributed by atoms with Crippen LogP contribution in [-0.2, 0) is 35.1 Å². The van der Waals surface area contributed by atoms with Gasteiger partial charge in [-0.1, -0.05) is 20.3 Å². The standard InChI is InChI=1S/C13H10F17N3O3S.C6H14N2O2.2C3H8O3S/c14-6(15,8(18,19)10(22,23)12(26,27)28)7(16,17)9(20,21)11(24,25)13(29,30)37(35,36)33-3-1-32(2-4-33)5(31)34;7-4-2-1-3-5(8)6(9)10;2*1-2-3-7(4,5)6/h1-4H2,(H2,31,34);5H,1-4,7-8H2,(H,9,10);2*2-3H2,1H3,(H,4,5,6)/t;5-;;/m.0../s1. The Bertz CT molecular complexity index is 1710. The van der Waals surface area contributed by atoms with E-state index in [9.17, 15) is 109 Å². The van der Waals surface area contributed by atoms with Crippen molar-refractivity contribution < 1.29 is 124 Å². The van der Waals surface area contributed by atoms with Crippen LogP contribution < -0.4 is 17.2 Å². The molecule has 9 N–H and O–H groups in total. The van der Waals surface area contributed by atoms with E-state index in [0.29, 0.717) is 30.7 Å². The molecule has 1 saturated heterocycles. The highest BCUT2D eigenvalue weighted by molar-refractivity contribution is 7.90. The van der Waals surface area contributed by atoms with Gasteiger partial charge in [0.05, 0.1) is 11.5 Å². The van der Waals surface area contributed by atoms with E-state index in [-0.39, 0.29) is 11.5 Å². The van der Waals surface area contributed by atoms with Crippen LogP contribution >= 0.6 is 0 Å². The van der Waals surface area contributed by atoms with E-state index in [0.717, 1.165) is 12.8 Å². The highest BCUT2D eigenvalue weighted by Crippen LogP contribution is 2.64. The fourth-order valence-corrected chi connectivity index (χ4v) is 6.22. The Morgan fingerprint density at radius 1 is 0.607 bits per heavy atom. The smallest absolute Gasteiger partial charge is 0.460 e. The molecule has 0 aromatic rings. The topological polar surface area (TPSA) is 282 Å². The number of hydrogen-bond acceptors (Lipinski definition) is 10. The Morgan fingerprint density at radius 2 is 0.934 bits per heavy atom. The average Bonchev–Trinajstić information content (AvgIpc) is 3.07. The number of nitrogens with zero attached hydrogens (tertiary/aromatic N) is 2. The summed E-state index contributed by atoms with van der Waals surface area (Å²) in [4.78, 5) is 21.5. The number of urea groups is 1. The van der Waals surface area contributed by atoms with Gasteiger partial charge in [-0.05, 0) is 32.2 Å². The number of unbranched alkanes of at least 4 members (excludes halogenated alkanes) is 1. The number of nitrogens with two attached hydrogens (primary N) is 3. The summed E-state index contributed by atoms with van der Waals surface area (Å²) in [5.41, 5.74) is 15.1. The maximum absolute atomic E-state index is 14.1. The van der Waals surface area contributed by atoms with E-state index in [2.05, 4.69) is 0 Å². The molecule has 0 spiro atoms. The highest BCUT2D eigenvalue weighted by Gasteiger charge is 2.96. The maximum Gasteiger partial charge on any atom is 0.460 e. The Hall–Kier alpha value is -2.80. The van der Waals surface area contributed by atoms with Crippen molar-refractivity contribution in [3.05, 3.63) is 0 Å². The zero-order valence-electron chi connectivity index (χ0n) is 30.9. The molecule has 0 saturated carbocycles. The number of alkyl halides is 17. The van der Waals surface area contributed by atoms with Crippen LogP contribution in [0.1, 0.15) is 46.0 Å². The lowest BCUT2D eigenvalue weighted by atomic mass is 9.91. The van der Waals surface area contributed by atoms with Gasteiger partial charge in [0, 0.05) is 26.2 Å². The molecule has 1 heterocycles. The predicted molar refractivity (Wildman–Crippen MR) is 174 cm³/mol. The molecule has 0 radical (unpaired) electrons. The van der Waals surface area contributed by atoms with E-state index in [1.165, 1.54) is 0 Å². The molecule has 36 heteroatoms. The Kier molecular flexibility index (Phi) is 22.7. The third kappa shape index (κ3) is 15.5. The molecule has 16 nitrogen and oxygen atoms in total. The fourth-order valence-electron chi connectivity index (χ4n) is 3.77. The largest absolute Gasteiger partial charge is 0.480 e. The van der Waals surface area contributed by atoms with Crippen molar-refractivity contribution in [1.82, 2.24) is 9.21 Å². The van der Waals surface area contributed by atoms with Crippen LogP contribution in [0, 0.1) is 0 Å². The Balaban J connectivity index is -0.00000113. The molecule has 1 aliphatic heterocycles. The number of carboxylic acid groups (broad SMARTS) is 1. The number of carboxylic acids is 1. The molecule has 0 bridgehead atoms. The van der Waals surface area contributed by atoms with Crippen LogP contribution in [0.4, 0.5) is 79.4 Å². The summed E-state index contributed by atoms with van der Waals surface area (Å²) in [5, 5.41) is 0.714. The number of piperazine rings is 1. The van der Waals surface area contributed by atoms with Gasteiger partial charge in [0.25, 0.3) is 30.3 Å². The molecule has 1 rings (SSSR count). The minimum atomic E-state index is -8.88. The lowest BCUT2D eigenvalue weighted by Gasteiger charge is -2.43. The van der Waals surface area contributed by atoms with E-state index in [1.54, 1.807) is 13.8 Å². The first-order valence-electron chi connectivity index (χ1n) is 16.1. The van der Waals surface area contributed by atoms with E-state index < -0.39 is 126 Å². The van der Waals surface area contributed by atoms with Crippen molar-refractivity contribution >= 4 is 42.3 Å². The number of primary amides is 1. The maximum atomic E-state index is 14.1. The van der Waals surface area contributed by atoms with Gasteiger partial charge in [-0.15, -0.1) is 0 Å². The van der Waals surface area contributed by atoms with Gasteiger partial charge in [-0.25, -0.2) is 13.2 Å². The second-order valence-electron chi connectivity index (χ2n) is 12.0. The minimum absolute atomic E-state index is 0.132. The third-order valence-corrected chi connectivity index (χ3v) is 10.9. The van der Waals surface area contributed by atoms with Crippen molar-refractivity contribution in [3.63, 3.8) is 0 Å². The normalized spacial score (nSPS) is 16.2. The molecule has 0 unspecified atom stereocenters. The van der Waals surface area contributed by atoms with E-state index in [4.69, 9.17) is 31.4 Å². The number of carbonyl (C=O) groups is 2. The summed E-state index contributed by atoms with van der Waals surface area (Å²) in [6.45, 7) is -0.955. The first-order valence-corrected chi connectivity index (χ1v) is 20.7. The van der Waals surface area contributed by atoms with Gasteiger partial charge in [0.2, 0.25) is 0 Å². The molecule has 1 aliphatic rings. The molecule has 61 heavy (non-hydrogen) atoms. The summed E-state index contributed by atoms with van der Waals surface area (Å²) in [7, 11) is -14.7. The zero-order valence-corrected chi connectivity index (χ0v) is 33.4. The van der Waals surface area contributed by atoms with Crippen LogP contribution in [0.15, 0.2) is 0 Å². The molecule has 1 fully saturated rings. The SMILES string of the molecule is CCCS(=O)(=O)O.CCCS(=O)(=O)O.NC(=O)N1CCN(S(=O)(=O)C(F)(F)C(F)(F)C(F)(F)C(F)(F)C(F)(F)C(F)(F)C(F)(F)C(F)(F)F)CC1.NCCCC[C@H](N)C(=O)O. The molecule has 0 aromatic heterocycles. The summed E-state index contributed by atoms with van der Waals surface area (Å²) in [6.07, 6.45) is -4.79. The second-order valence-corrected chi connectivity index (χ2v) is 17.1. The lowest BCUT2D eigenvalue weighted by molar-refractivity contribution is -0.458. The average molecular weight is 1010 g/mol. The second kappa shape index (κ2) is 22.2. The first-order chi connectivity index (χ1) is 26.7. The molecule has 0 aromatic carbocycles. The van der Waals surface area contributed by atoms with Gasteiger partial charge in [0.15, 0.2) is 0 Å². The summed E-state index contributed by atoms with van der Waals surface area (Å²) in [6, 6.07) is -2.06. The summed E-state index contributed by atoms with van der Waals surface area (Å²) < 4.78 is 304. The minimum Gasteiger partial charge on any atom is -0.480 e. The van der Waals surface area contributed by atoms with Crippen molar-refractivity contribution in [2.75, 3.05) is 44.2 Å². The number of sulfonamides is 1. The van der Waals surface area contributed by atoms with Crippen LogP contribution in [0.25, 0.3) is 0 Å². The van der Waals surface area contributed by atoms with Crippen LogP contribution in [0.5, 0.6) is 0 Å². The number of rotatable bonds is 17. The van der Waals surface area contributed by atoms with Gasteiger partial charge in [0.1, 0.15) is 6.04 Å². The number of carbonyl (C=O) groups excluding carboxylic acids is 1. The third-order valence-electron chi connectivity index (χ3n) is 7.12. The van der Waals surface area contributed by atoms with Crippen LogP contribution in [0.2, 0.25) is 0 Å². The lowest BCUT2D eigenvalue weighted by Crippen LogP contribution is -2.75. The van der Waals surface area contributed by atoms with Crippen LogP contribution in [-0.4, -0.2) is 158 Å². The first kappa shape index (κ1) is 62.5. The van der Waals surface area contributed by atoms with Crippen LogP contribution in [0.3, 0.4) is 0 Å². The molecular weight excluding hydrogens is 965 g/mol. The van der Waals surface area contributed by atoms with Gasteiger partial charge in [-0.2, -0.15) is 95.8 Å². The van der Waals surface area contributed by atoms with Crippen molar-refractivity contribution in [1.29, 1.82) is 0 Å². The number of hydrogen-bond donors (Lipinski definition) is 6.